The average Bonchev–Trinajstić information content (AvgIpc) is 2.55. The molecule has 0 aromatic heterocycles. The van der Waals surface area contributed by atoms with Crippen LogP contribution in [0.5, 0.6) is 11.5 Å². The van der Waals surface area contributed by atoms with Crippen LogP contribution in [0.4, 0.5) is 11.4 Å². The van der Waals surface area contributed by atoms with Crippen molar-refractivity contribution in [3.8, 4) is 11.5 Å². The number of nitro benzene ring substituents is 2. The van der Waals surface area contributed by atoms with E-state index in [2.05, 4.69) is 0 Å². The fourth-order valence-corrected chi connectivity index (χ4v) is 4.68. The Morgan fingerprint density at radius 1 is 0.880 bits per heavy atom. The minimum Gasteiger partial charge on any atom is -0.435 e. The molecule has 132 valence electrons. The smallest absolute Gasteiger partial charge is 0.287 e. The molecule has 2 aromatic rings. The lowest BCUT2D eigenvalue weighted by atomic mass is 10.3. The van der Waals surface area contributed by atoms with Gasteiger partial charge in [0.25, 0.3) is 17.9 Å². The van der Waals surface area contributed by atoms with Crippen molar-refractivity contribution in [2.75, 3.05) is 6.16 Å². The predicted molar refractivity (Wildman–Crippen MR) is 96.9 cm³/mol. The van der Waals surface area contributed by atoms with Gasteiger partial charge in [-0.1, -0.05) is 6.92 Å². The Morgan fingerprint density at radius 2 is 1.24 bits per heavy atom. The number of nitro groups is 2. The monoisotopic (exact) mass is 382 g/mol. The van der Waals surface area contributed by atoms with Crippen LogP contribution in [0.25, 0.3) is 0 Å². The maximum absolute atomic E-state index is 10.7. The van der Waals surface area contributed by atoms with E-state index in [9.17, 15) is 20.2 Å². The molecule has 0 spiro atoms. The number of benzene rings is 2. The SMILES string of the molecule is CCCP(=S)(Oc1ccc([N+](=O)[O-])cc1)Oc1ccc([N+](=O)[O-])cc1. The molecule has 0 unspecified atom stereocenters. The van der Waals surface area contributed by atoms with Gasteiger partial charge in [-0.05, 0) is 42.5 Å². The summed E-state index contributed by atoms with van der Waals surface area (Å²) in [6, 6.07) is 11.2. The molecule has 0 aliphatic carbocycles. The minimum atomic E-state index is -2.75. The summed E-state index contributed by atoms with van der Waals surface area (Å²) in [6.45, 7) is -0.817. The van der Waals surface area contributed by atoms with Gasteiger partial charge in [0.2, 0.25) is 0 Å². The molecule has 2 aromatic carbocycles. The van der Waals surface area contributed by atoms with Crippen molar-refractivity contribution < 1.29 is 18.9 Å². The number of hydrogen-bond donors (Lipinski definition) is 0. The second-order valence-corrected chi connectivity index (χ2v) is 8.72. The topological polar surface area (TPSA) is 105 Å². The Bertz CT molecular complexity index is 746. The Balaban J connectivity index is 2.17. The first kappa shape index (κ1) is 18.8. The van der Waals surface area contributed by atoms with E-state index in [1.807, 2.05) is 6.92 Å². The molecule has 0 N–H and O–H groups in total. The molecular formula is C15H15N2O6PS. The number of rotatable bonds is 8. The zero-order valence-corrected chi connectivity index (χ0v) is 14.9. The van der Waals surface area contributed by atoms with Gasteiger partial charge in [0, 0.05) is 30.4 Å². The molecule has 10 heteroatoms. The first-order valence-electron chi connectivity index (χ1n) is 7.30. The zero-order chi connectivity index (χ0) is 18.4. The molecule has 0 amide bonds. The maximum Gasteiger partial charge on any atom is 0.287 e. The maximum atomic E-state index is 10.7. The van der Waals surface area contributed by atoms with Crippen LogP contribution in [0.3, 0.4) is 0 Å². The van der Waals surface area contributed by atoms with Gasteiger partial charge in [-0.3, -0.25) is 20.2 Å². The van der Waals surface area contributed by atoms with Crippen LogP contribution in [-0.4, -0.2) is 16.0 Å². The molecule has 0 bridgehead atoms. The highest BCUT2D eigenvalue weighted by Crippen LogP contribution is 2.49. The fourth-order valence-electron chi connectivity index (χ4n) is 1.96. The second-order valence-electron chi connectivity index (χ2n) is 5.02. The molecular weight excluding hydrogens is 367 g/mol. The average molecular weight is 382 g/mol. The second kappa shape index (κ2) is 8.04. The summed E-state index contributed by atoms with van der Waals surface area (Å²) in [4.78, 5) is 20.4. The summed E-state index contributed by atoms with van der Waals surface area (Å²) < 4.78 is 11.6. The van der Waals surface area contributed by atoms with Crippen LogP contribution in [0, 0.1) is 20.2 Å². The van der Waals surface area contributed by atoms with E-state index in [1.165, 1.54) is 48.5 Å². The quantitative estimate of drug-likeness (QED) is 0.371. The molecule has 2 rings (SSSR count). The first-order chi connectivity index (χ1) is 11.8. The third-order valence-electron chi connectivity index (χ3n) is 3.08. The highest BCUT2D eigenvalue weighted by molar-refractivity contribution is 8.10. The normalized spacial score (nSPS) is 10.9. The van der Waals surface area contributed by atoms with Crippen molar-refractivity contribution in [3.05, 3.63) is 68.8 Å². The van der Waals surface area contributed by atoms with Gasteiger partial charge in [-0.25, -0.2) is 0 Å². The molecule has 0 heterocycles. The van der Waals surface area contributed by atoms with Gasteiger partial charge in [0.1, 0.15) is 11.5 Å². The minimum absolute atomic E-state index is 0.0487. The van der Waals surface area contributed by atoms with Crippen LogP contribution in [0.2, 0.25) is 0 Å². The molecule has 0 aliphatic heterocycles. The van der Waals surface area contributed by atoms with Crippen LogP contribution in [0.15, 0.2) is 48.5 Å². The molecule has 25 heavy (non-hydrogen) atoms. The lowest BCUT2D eigenvalue weighted by Gasteiger charge is -2.23. The van der Waals surface area contributed by atoms with E-state index < -0.39 is 16.3 Å². The van der Waals surface area contributed by atoms with Gasteiger partial charge in [0.05, 0.1) is 9.85 Å². The molecule has 0 radical (unpaired) electrons. The summed E-state index contributed by atoms with van der Waals surface area (Å²) in [5.41, 5.74) is -0.0974. The van der Waals surface area contributed by atoms with Crippen molar-refractivity contribution >= 4 is 29.7 Å². The van der Waals surface area contributed by atoms with Gasteiger partial charge < -0.3 is 9.05 Å². The van der Waals surface area contributed by atoms with Crippen LogP contribution >= 0.6 is 6.49 Å². The van der Waals surface area contributed by atoms with E-state index in [1.54, 1.807) is 0 Å². The summed E-state index contributed by atoms with van der Waals surface area (Å²) in [5, 5.41) is 21.4. The first-order valence-corrected chi connectivity index (χ1v) is 10.1. The van der Waals surface area contributed by atoms with E-state index in [-0.39, 0.29) is 11.4 Å². The van der Waals surface area contributed by atoms with Gasteiger partial charge in [-0.15, -0.1) is 0 Å². The van der Waals surface area contributed by atoms with Crippen LogP contribution < -0.4 is 9.05 Å². The molecule has 0 atom stereocenters. The molecule has 0 fully saturated rings. The highest BCUT2D eigenvalue weighted by Gasteiger charge is 2.22. The summed E-state index contributed by atoms with van der Waals surface area (Å²) in [5.74, 6) is 0.758. The predicted octanol–water partition coefficient (Wildman–Crippen LogP) is 4.68. The lowest BCUT2D eigenvalue weighted by molar-refractivity contribution is -0.385. The third-order valence-corrected chi connectivity index (χ3v) is 6.05. The largest absolute Gasteiger partial charge is 0.435 e. The van der Waals surface area contributed by atoms with Crippen molar-refractivity contribution in [1.29, 1.82) is 0 Å². The summed E-state index contributed by atoms with van der Waals surface area (Å²) in [7, 11) is 0. The van der Waals surface area contributed by atoms with Gasteiger partial charge in [-0.2, -0.15) is 0 Å². The zero-order valence-electron chi connectivity index (χ0n) is 13.2. The highest BCUT2D eigenvalue weighted by atomic mass is 32.5. The van der Waals surface area contributed by atoms with Crippen molar-refractivity contribution in [3.63, 3.8) is 0 Å². The Morgan fingerprint density at radius 3 is 1.52 bits per heavy atom. The molecule has 0 aliphatic rings. The van der Waals surface area contributed by atoms with E-state index in [0.717, 1.165) is 6.42 Å². The fraction of sp³-hybridized carbons (Fsp3) is 0.200. The molecule has 0 saturated carbocycles. The summed E-state index contributed by atoms with van der Waals surface area (Å²) in [6.07, 6.45) is 1.20. The Labute approximate surface area is 148 Å². The number of nitrogens with zero attached hydrogens (tertiary/aromatic N) is 2. The third kappa shape index (κ3) is 5.23. The van der Waals surface area contributed by atoms with Crippen LogP contribution in [0.1, 0.15) is 13.3 Å². The Hall–Kier alpha value is -2.51. The Kier molecular flexibility index (Phi) is 6.06. The van der Waals surface area contributed by atoms with E-state index >= 15 is 0 Å². The van der Waals surface area contributed by atoms with Gasteiger partial charge >= 0.3 is 0 Å². The number of non-ortho nitro benzene ring substituents is 2. The number of hydrogen-bond acceptors (Lipinski definition) is 7. The van der Waals surface area contributed by atoms with Crippen molar-refractivity contribution in [2.45, 2.75) is 13.3 Å². The van der Waals surface area contributed by atoms with Crippen molar-refractivity contribution in [2.24, 2.45) is 0 Å². The van der Waals surface area contributed by atoms with Crippen molar-refractivity contribution in [1.82, 2.24) is 0 Å². The molecule has 8 nitrogen and oxygen atoms in total. The lowest BCUT2D eigenvalue weighted by Crippen LogP contribution is -2.04. The standard InChI is InChI=1S/C15H15N2O6PS/c1-2-11-24(25,22-14-7-3-12(4-8-14)16(18)19)23-15-9-5-13(6-10-15)17(20)21/h3-10H,2,11H2,1H3. The van der Waals surface area contributed by atoms with E-state index in [4.69, 9.17) is 20.9 Å². The summed E-state index contributed by atoms with van der Waals surface area (Å²) >= 11 is 5.53. The van der Waals surface area contributed by atoms with E-state index in [0.29, 0.717) is 17.7 Å². The van der Waals surface area contributed by atoms with Crippen LogP contribution in [-0.2, 0) is 11.8 Å². The van der Waals surface area contributed by atoms with Gasteiger partial charge in [0.15, 0.2) is 0 Å². The molecule has 0 saturated heterocycles.